The van der Waals surface area contributed by atoms with Crippen LogP contribution in [-0.4, -0.2) is 88.2 Å². The number of aliphatic imine (C=N–C) groups is 1. The molecule has 1 unspecified atom stereocenters. The number of rotatable bonds is 10. The summed E-state index contributed by atoms with van der Waals surface area (Å²) < 4.78 is 10.6. The van der Waals surface area contributed by atoms with Crippen molar-refractivity contribution < 1.29 is 19.1 Å². The highest BCUT2D eigenvalue weighted by molar-refractivity contribution is 6.01. The lowest BCUT2D eigenvalue weighted by Gasteiger charge is -2.36. The standard InChI is InChI=1S/C29H38N8O4/c1-6-28(38)34-25-16-21(37-12-10-36(7-2)11-13-37)8-9-24(25)33-26-18-27(31-19-30-26)35(3)29(39)32-20-14-22(40-4)17-23(15-20)41-5/h6,8-9,14-19,26,33H,1,7,10-13H2,2-5H3,(H,30,31)(H,32,39)(H,34,38). The van der Waals surface area contributed by atoms with Crippen LogP contribution in [0, 0.1) is 0 Å². The summed E-state index contributed by atoms with van der Waals surface area (Å²) in [4.78, 5) is 35.9. The van der Waals surface area contributed by atoms with Gasteiger partial charge in [-0.25, -0.2) is 9.79 Å². The van der Waals surface area contributed by atoms with Crippen LogP contribution in [0.15, 0.2) is 65.9 Å². The molecule has 2 aromatic rings. The molecular formula is C29H38N8O4. The zero-order valence-electron chi connectivity index (χ0n) is 23.9. The monoisotopic (exact) mass is 562 g/mol. The first kappa shape index (κ1) is 29.3. The quantitative estimate of drug-likeness (QED) is 0.325. The lowest BCUT2D eigenvalue weighted by Crippen LogP contribution is -2.46. The van der Waals surface area contributed by atoms with Crippen LogP contribution < -0.4 is 35.6 Å². The molecule has 12 heteroatoms. The van der Waals surface area contributed by atoms with Crippen molar-refractivity contribution in [2.45, 2.75) is 13.1 Å². The SMILES string of the molecule is C=CC(=O)Nc1cc(N2CCN(CC)CC2)ccc1NC1C=C(N(C)C(=O)Nc2cc(OC)cc(OC)c2)NC=N1. The third-order valence-corrected chi connectivity index (χ3v) is 6.97. The van der Waals surface area contributed by atoms with E-state index >= 15 is 0 Å². The molecule has 0 radical (unpaired) electrons. The zero-order valence-corrected chi connectivity index (χ0v) is 23.9. The van der Waals surface area contributed by atoms with Crippen LogP contribution in [0.25, 0.3) is 0 Å². The van der Waals surface area contributed by atoms with Crippen LogP contribution >= 0.6 is 0 Å². The predicted molar refractivity (Wildman–Crippen MR) is 163 cm³/mol. The fraction of sp³-hybridized carbons (Fsp3) is 0.345. The number of ether oxygens (including phenoxy) is 2. The molecule has 0 bridgehead atoms. The van der Waals surface area contributed by atoms with E-state index < -0.39 is 6.17 Å². The fourth-order valence-corrected chi connectivity index (χ4v) is 4.53. The van der Waals surface area contributed by atoms with E-state index in [1.165, 1.54) is 17.3 Å². The summed E-state index contributed by atoms with van der Waals surface area (Å²) in [6.45, 7) is 10.6. The molecule has 0 spiro atoms. The molecule has 3 amide bonds. The number of nitrogens with zero attached hydrogens (tertiary/aromatic N) is 4. The second-order valence-corrected chi connectivity index (χ2v) is 9.50. The summed E-state index contributed by atoms with van der Waals surface area (Å²) in [7, 11) is 4.74. The number of anilines is 4. The van der Waals surface area contributed by atoms with E-state index in [4.69, 9.17) is 9.47 Å². The average Bonchev–Trinajstić information content (AvgIpc) is 3.01. The van der Waals surface area contributed by atoms with E-state index in [1.54, 1.807) is 45.5 Å². The van der Waals surface area contributed by atoms with Gasteiger partial charge in [0.1, 0.15) is 23.5 Å². The van der Waals surface area contributed by atoms with Gasteiger partial charge in [0.05, 0.1) is 31.9 Å². The van der Waals surface area contributed by atoms with Gasteiger partial charge in [-0.1, -0.05) is 13.5 Å². The number of nitrogens with one attached hydrogen (secondary N) is 4. The summed E-state index contributed by atoms with van der Waals surface area (Å²) in [5.41, 5.74) is 2.86. The molecule has 2 aliphatic rings. The van der Waals surface area contributed by atoms with Gasteiger partial charge < -0.3 is 40.5 Å². The molecule has 2 aliphatic heterocycles. The van der Waals surface area contributed by atoms with Crippen LogP contribution in [0.2, 0.25) is 0 Å². The van der Waals surface area contributed by atoms with Crippen molar-refractivity contribution in [3.63, 3.8) is 0 Å². The van der Waals surface area contributed by atoms with Crippen LogP contribution in [0.5, 0.6) is 11.5 Å². The van der Waals surface area contributed by atoms with Gasteiger partial charge >= 0.3 is 6.03 Å². The molecule has 41 heavy (non-hydrogen) atoms. The Labute approximate surface area is 240 Å². The van der Waals surface area contributed by atoms with Gasteiger partial charge in [-0.2, -0.15) is 0 Å². The highest BCUT2D eigenvalue weighted by atomic mass is 16.5. The van der Waals surface area contributed by atoms with Crippen LogP contribution in [0.4, 0.5) is 27.5 Å². The maximum atomic E-state index is 13.0. The number of urea groups is 1. The molecule has 1 atom stereocenters. The topological polar surface area (TPSA) is 123 Å². The van der Waals surface area contributed by atoms with Gasteiger partial charge in [-0.15, -0.1) is 0 Å². The molecule has 12 nitrogen and oxygen atoms in total. The van der Waals surface area contributed by atoms with E-state index in [1.807, 2.05) is 18.2 Å². The van der Waals surface area contributed by atoms with Crippen molar-refractivity contribution >= 4 is 41.0 Å². The Kier molecular flexibility index (Phi) is 9.69. The normalized spacial score (nSPS) is 16.6. The maximum absolute atomic E-state index is 13.0. The van der Waals surface area contributed by atoms with Crippen molar-refractivity contribution in [3.8, 4) is 11.5 Å². The molecule has 1 saturated heterocycles. The van der Waals surface area contributed by atoms with Gasteiger partial charge in [0.15, 0.2) is 0 Å². The molecule has 218 valence electrons. The lowest BCUT2D eigenvalue weighted by molar-refractivity contribution is -0.111. The number of piperazine rings is 1. The van der Waals surface area contributed by atoms with Crippen molar-refractivity contribution in [2.75, 3.05) is 74.8 Å². The molecule has 2 aromatic carbocycles. The number of hydrogen-bond donors (Lipinski definition) is 4. The Hall–Kier alpha value is -4.71. The molecule has 4 rings (SSSR count). The minimum absolute atomic E-state index is 0.309. The van der Waals surface area contributed by atoms with Gasteiger partial charge in [-0.05, 0) is 30.8 Å². The molecule has 0 aliphatic carbocycles. The molecule has 2 heterocycles. The Morgan fingerprint density at radius 2 is 1.78 bits per heavy atom. The number of carbonyl (C=O) groups excluding carboxylic acids is 2. The van der Waals surface area contributed by atoms with E-state index in [2.05, 4.69) is 49.6 Å². The highest BCUT2D eigenvalue weighted by Gasteiger charge is 2.21. The van der Waals surface area contributed by atoms with Crippen LogP contribution in [-0.2, 0) is 4.79 Å². The number of carbonyl (C=O) groups is 2. The first-order valence-corrected chi connectivity index (χ1v) is 13.4. The lowest BCUT2D eigenvalue weighted by atomic mass is 10.2. The van der Waals surface area contributed by atoms with Crippen molar-refractivity contribution in [1.29, 1.82) is 0 Å². The smallest absolute Gasteiger partial charge is 0.327 e. The summed E-state index contributed by atoms with van der Waals surface area (Å²) in [5, 5.41) is 12.1. The number of amides is 3. The molecule has 4 N–H and O–H groups in total. The fourth-order valence-electron chi connectivity index (χ4n) is 4.53. The van der Waals surface area contributed by atoms with Gasteiger partial charge in [-0.3, -0.25) is 9.69 Å². The van der Waals surface area contributed by atoms with E-state index in [0.717, 1.165) is 38.4 Å². The van der Waals surface area contributed by atoms with Crippen LogP contribution in [0.3, 0.4) is 0 Å². The predicted octanol–water partition coefficient (Wildman–Crippen LogP) is 3.35. The molecule has 0 saturated carbocycles. The first-order valence-electron chi connectivity index (χ1n) is 13.4. The van der Waals surface area contributed by atoms with E-state index in [0.29, 0.717) is 34.4 Å². The number of hydrogen-bond acceptors (Lipinski definition) is 9. The maximum Gasteiger partial charge on any atom is 0.327 e. The summed E-state index contributed by atoms with van der Waals surface area (Å²) >= 11 is 0. The number of likely N-dealkylation sites (N-methyl/N-ethyl adjacent to an activating group) is 1. The minimum Gasteiger partial charge on any atom is -0.497 e. The second kappa shape index (κ2) is 13.6. The average molecular weight is 563 g/mol. The van der Waals surface area contributed by atoms with E-state index in [-0.39, 0.29) is 11.9 Å². The molecule has 0 aromatic heterocycles. The largest absolute Gasteiger partial charge is 0.497 e. The Balaban J connectivity index is 1.48. The Morgan fingerprint density at radius 1 is 1.07 bits per heavy atom. The van der Waals surface area contributed by atoms with Crippen molar-refractivity contribution in [1.82, 2.24) is 15.1 Å². The minimum atomic E-state index is -0.503. The van der Waals surface area contributed by atoms with Crippen molar-refractivity contribution in [3.05, 3.63) is 61.0 Å². The summed E-state index contributed by atoms with van der Waals surface area (Å²) in [6.07, 6.45) is 4.04. The zero-order chi connectivity index (χ0) is 29.4. The highest BCUT2D eigenvalue weighted by Crippen LogP contribution is 2.30. The second-order valence-electron chi connectivity index (χ2n) is 9.50. The Morgan fingerprint density at radius 3 is 2.41 bits per heavy atom. The molecule has 1 fully saturated rings. The Bertz CT molecular complexity index is 1300. The number of benzene rings is 2. The third kappa shape index (κ3) is 7.48. The van der Waals surface area contributed by atoms with Gasteiger partial charge in [0, 0.05) is 68.9 Å². The van der Waals surface area contributed by atoms with E-state index in [9.17, 15) is 9.59 Å². The summed E-state index contributed by atoms with van der Waals surface area (Å²) in [5.74, 6) is 1.33. The summed E-state index contributed by atoms with van der Waals surface area (Å²) in [6, 6.07) is 10.7. The van der Waals surface area contributed by atoms with Gasteiger partial charge in [0.2, 0.25) is 5.91 Å². The van der Waals surface area contributed by atoms with Crippen molar-refractivity contribution in [2.24, 2.45) is 4.99 Å². The van der Waals surface area contributed by atoms with Crippen LogP contribution in [0.1, 0.15) is 6.92 Å². The first-order chi connectivity index (χ1) is 19.8. The van der Waals surface area contributed by atoms with Gasteiger partial charge in [0.25, 0.3) is 0 Å². The molecular weight excluding hydrogens is 524 g/mol. The third-order valence-electron chi connectivity index (χ3n) is 6.97. The number of methoxy groups -OCH3 is 2.